The molecule has 0 aromatic heterocycles. The van der Waals surface area contributed by atoms with Crippen molar-refractivity contribution in [3.63, 3.8) is 0 Å². The quantitative estimate of drug-likeness (QED) is 0.750. The van der Waals surface area contributed by atoms with Gasteiger partial charge in [0.15, 0.2) is 0 Å². The number of rotatable bonds is 5. The molecule has 5 heteroatoms. The number of likely N-dealkylation sites (tertiary alicyclic amines) is 2. The van der Waals surface area contributed by atoms with Gasteiger partial charge >= 0.3 is 0 Å². The third-order valence-electron chi connectivity index (χ3n) is 6.90. The largest absolute Gasteiger partial charge is 0.305 e. The topological polar surface area (TPSA) is 26.8 Å². The zero-order chi connectivity index (χ0) is 19.8. The van der Waals surface area contributed by atoms with Crippen molar-refractivity contribution < 1.29 is 4.79 Å². The molecule has 3 heterocycles. The summed E-state index contributed by atoms with van der Waals surface area (Å²) < 4.78 is 0. The van der Waals surface area contributed by atoms with E-state index in [1.54, 1.807) is 0 Å². The number of carbonyl (C=O) groups is 1. The number of piperidine rings is 1. The molecule has 0 unspecified atom stereocenters. The summed E-state index contributed by atoms with van der Waals surface area (Å²) in [5.41, 5.74) is 2.29. The molecular formula is C24H28ClN3O. The monoisotopic (exact) mass is 409 g/mol. The Morgan fingerprint density at radius 3 is 2.38 bits per heavy atom. The van der Waals surface area contributed by atoms with Crippen molar-refractivity contribution in [2.75, 3.05) is 31.1 Å². The van der Waals surface area contributed by atoms with Crippen molar-refractivity contribution in [2.45, 2.75) is 43.8 Å². The van der Waals surface area contributed by atoms with Crippen LogP contribution in [-0.4, -0.2) is 60.0 Å². The molecule has 0 spiro atoms. The predicted molar refractivity (Wildman–Crippen MR) is 117 cm³/mol. The van der Waals surface area contributed by atoms with E-state index in [1.165, 1.54) is 5.56 Å². The molecule has 0 saturated carbocycles. The van der Waals surface area contributed by atoms with Crippen molar-refractivity contribution in [2.24, 2.45) is 0 Å². The number of anilines is 1. The summed E-state index contributed by atoms with van der Waals surface area (Å²) in [5, 5.41) is 0.673. The van der Waals surface area contributed by atoms with Gasteiger partial charge in [0.1, 0.15) is 0 Å². The van der Waals surface area contributed by atoms with Crippen molar-refractivity contribution in [1.29, 1.82) is 0 Å². The molecule has 1 amide bonds. The highest BCUT2D eigenvalue weighted by molar-refractivity contribution is 6.34. The number of piperazine rings is 1. The minimum absolute atomic E-state index is 0.0390. The molecule has 3 fully saturated rings. The Labute approximate surface area is 178 Å². The summed E-state index contributed by atoms with van der Waals surface area (Å²) in [7, 11) is 0. The smallest absolute Gasteiger partial charge is 0.244 e. The average Bonchev–Trinajstić information content (AvgIpc) is 3.32. The fourth-order valence-corrected chi connectivity index (χ4v) is 5.61. The average molecular weight is 410 g/mol. The van der Waals surface area contributed by atoms with E-state index in [0.717, 1.165) is 57.5 Å². The highest BCUT2D eigenvalue weighted by atomic mass is 35.5. The molecule has 0 radical (unpaired) electrons. The number of fused-ring (bicyclic) bond motifs is 2. The lowest BCUT2D eigenvalue weighted by Gasteiger charge is -2.42. The van der Waals surface area contributed by atoms with Gasteiger partial charge in [-0.2, -0.15) is 0 Å². The number of carbonyl (C=O) groups excluding carboxylic acids is 1. The third kappa shape index (κ3) is 3.70. The first-order chi connectivity index (χ1) is 14.2. The Balaban J connectivity index is 1.16. The van der Waals surface area contributed by atoms with Crippen LogP contribution in [0.1, 0.15) is 24.8 Å². The SMILES string of the molecule is O=C1[C@@H]2C[C@@H](CN2C2CCN(CCc3ccccc3)CC2)N1c1ccccc1Cl. The van der Waals surface area contributed by atoms with Crippen LogP contribution in [0.4, 0.5) is 5.69 Å². The van der Waals surface area contributed by atoms with Gasteiger partial charge in [-0.05, 0) is 56.5 Å². The fourth-order valence-electron chi connectivity index (χ4n) is 5.38. The van der Waals surface area contributed by atoms with Crippen LogP contribution in [0.15, 0.2) is 54.6 Å². The van der Waals surface area contributed by atoms with Crippen LogP contribution in [0, 0.1) is 0 Å². The molecule has 2 bridgehead atoms. The molecule has 3 aliphatic heterocycles. The van der Waals surface area contributed by atoms with Crippen molar-refractivity contribution in [3.05, 3.63) is 65.2 Å². The minimum Gasteiger partial charge on any atom is -0.305 e. The van der Waals surface area contributed by atoms with E-state index in [4.69, 9.17) is 11.6 Å². The molecule has 2 atom stereocenters. The Hall–Kier alpha value is -1.88. The highest BCUT2D eigenvalue weighted by Gasteiger charge is 2.52. The second-order valence-electron chi connectivity index (χ2n) is 8.57. The van der Waals surface area contributed by atoms with Crippen LogP contribution >= 0.6 is 11.6 Å². The summed E-state index contributed by atoms with van der Waals surface area (Å²) in [5.74, 6) is 0.237. The fraction of sp³-hybridized carbons (Fsp3) is 0.458. The number of amides is 1. The van der Waals surface area contributed by atoms with Crippen LogP contribution in [0.2, 0.25) is 5.02 Å². The lowest BCUT2D eigenvalue weighted by Crippen LogP contribution is -2.56. The normalized spacial score (nSPS) is 25.8. The number of benzene rings is 2. The van der Waals surface area contributed by atoms with E-state index in [1.807, 2.05) is 29.2 Å². The van der Waals surface area contributed by atoms with Gasteiger partial charge in [-0.25, -0.2) is 0 Å². The first-order valence-corrected chi connectivity index (χ1v) is 11.2. The van der Waals surface area contributed by atoms with E-state index in [9.17, 15) is 4.79 Å². The van der Waals surface area contributed by atoms with Crippen molar-refractivity contribution in [3.8, 4) is 0 Å². The summed E-state index contributed by atoms with van der Waals surface area (Å²) in [4.78, 5) is 20.1. The van der Waals surface area contributed by atoms with Gasteiger partial charge in [0.25, 0.3) is 0 Å². The molecule has 3 aliphatic rings. The molecule has 5 rings (SSSR count). The lowest BCUT2D eigenvalue weighted by molar-refractivity contribution is -0.124. The van der Waals surface area contributed by atoms with Gasteiger partial charge in [0.05, 0.1) is 22.8 Å². The van der Waals surface area contributed by atoms with E-state index in [-0.39, 0.29) is 18.0 Å². The van der Waals surface area contributed by atoms with Crippen LogP contribution in [0.5, 0.6) is 0 Å². The molecular weight excluding hydrogens is 382 g/mol. The lowest BCUT2D eigenvalue weighted by atomic mass is 10.0. The zero-order valence-corrected chi connectivity index (χ0v) is 17.5. The molecule has 2 aromatic rings. The highest BCUT2D eigenvalue weighted by Crippen LogP contribution is 2.40. The summed E-state index contributed by atoms with van der Waals surface area (Å²) in [6, 6.07) is 19.3. The van der Waals surface area contributed by atoms with Crippen LogP contribution in [0.25, 0.3) is 0 Å². The second kappa shape index (κ2) is 8.10. The van der Waals surface area contributed by atoms with Crippen LogP contribution in [-0.2, 0) is 11.2 Å². The van der Waals surface area contributed by atoms with E-state index in [2.05, 4.69) is 40.1 Å². The van der Waals surface area contributed by atoms with E-state index < -0.39 is 0 Å². The minimum atomic E-state index is 0.0390. The first kappa shape index (κ1) is 19.1. The Kier molecular flexibility index (Phi) is 5.33. The van der Waals surface area contributed by atoms with E-state index >= 15 is 0 Å². The van der Waals surface area contributed by atoms with Gasteiger partial charge in [0, 0.05) is 19.1 Å². The van der Waals surface area contributed by atoms with Gasteiger partial charge in [-0.15, -0.1) is 0 Å². The third-order valence-corrected chi connectivity index (χ3v) is 7.22. The second-order valence-corrected chi connectivity index (χ2v) is 8.98. The molecule has 29 heavy (non-hydrogen) atoms. The van der Waals surface area contributed by atoms with Gasteiger partial charge in [0.2, 0.25) is 5.91 Å². The van der Waals surface area contributed by atoms with Gasteiger partial charge < -0.3 is 9.80 Å². The van der Waals surface area contributed by atoms with Crippen molar-refractivity contribution >= 4 is 23.2 Å². The Bertz CT molecular complexity index is 865. The Morgan fingerprint density at radius 2 is 1.66 bits per heavy atom. The molecule has 0 aliphatic carbocycles. The molecule has 0 N–H and O–H groups in total. The number of halogens is 1. The van der Waals surface area contributed by atoms with Crippen LogP contribution in [0.3, 0.4) is 0 Å². The molecule has 152 valence electrons. The summed E-state index contributed by atoms with van der Waals surface area (Å²) in [6.07, 6.45) is 4.39. The maximum atomic E-state index is 13.1. The molecule has 4 nitrogen and oxygen atoms in total. The summed E-state index contributed by atoms with van der Waals surface area (Å²) >= 11 is 6.37. The predicted octanol–water partition coefficient (Wildman–Crippen LogP) is 3.84. The van der Waals surface area contributed by atoms with Crippen LogP contribution < -0.4 is 4.90 Å². The molecule has 2 aromatic carbocycles. The molecule has 3 saturated heterocycles. The first-order valence-electron chi connectivity index (χ1n) is 10.8. The number of nitrogens with zero attached hydrogens (tertiary/aromatic N) is 3. The van der Waals surface area contributed by atoms with E-state index in [0.29, 0.717) is 11.1 Å². The van der Waals surface area contributed by atoms with Gasteiger partial charge in [-0.3, -0.25) is 9.69 Å². The Morgan fingerprint density at radius 1 is 0.931 bits per heavy atom. The number of para-hydroxylation sites is 1. The standard InChI is InChI=1S/C24H28ClN3O/c25-21-8-4-5-9-22(21)28-20-16-23(24(28)29)27(17-20)19-11-14-26(15-12-19)13-10-18-6-2-1-3-7-18/h1-9,19-20,23H,10-17H2/t20-,23-/m0/s1. The number of hydrogen-bond acceptors (Lipinski definition) is 3. The number of hydrogen-bond donors (Lipinski definition) is 0. The zero-order valence-electron chi connectivity index (χ0n) is 16.7. The van der Waals surface area contributed by atoms with Gasteiger partial charge in [-0.1, -0.05) is 54.1 Å². The van der Waals surface area contributed by atoms with Crippen molar-refractivity contribution in [1.82, 2.24) is 9.80 Å². The maximum absolute atomic E-state index is 13.1. The summed E-state index contributed by atoms with van der Waals surface area (Å²) in [6.45, 7) is 4.37. The maximum Gasteiger partial charge on any atom is 0.244 e.